The monoisotopic (exact) mass is 314 g/mol. The summed E-state index contributed by atoms with van der Waals surface area (Å²) < 4.78 is 5.18. The van der Waals surface area contributed by atoms with Crippen LogP contribution in [0.25, 0.3) is 0 Å². The van der Waals surface area contributed by atoms with E-state index < -0.39 is 23.8 Å². The van der Waals surface area contributed by atoms with Gasteiger partial charge in [-0.15, -0.1) is 0 Å². The van der Waals surface area contributed by atoms with Gasteiger partial charge < -0.3 is 20.9 Å². The SMILES string of the molecule is NC(=O)CCC(NC(=O)COc1ccccc1Cl)C(=O)O. The van der Waals surface area contributed by atoms with Crippen LogP contribution in [-0.2, 0) is 14.4 Å². The van der Waals surface area contributed by atoms with Gasteiger partial charge in [-0.1, -0.05) is 23.7 Å². The first kappa shape index (κ1) is 16.8. The van der Waals surface area contributed by atoms with Crippen LogP contribution in [0.15, 0.2) is 24.3 Å². The van der Waals surface area contributed by atoms with Gasteiger partial charge in [-0.2, -0.15) is 0 Å². The molecule has 0 bridgehead atoms. The number of halogens is 1. The van der Waals surface area contributed by atoms with E-state index >= 15 is 0 Å². The zero-order chi connectivity index (χ0) is 15.8. The Morgan fingerprint density at radius 2 is 2.00 bits per heavy atom. The Hall–Kier alpha value is -2.28. The minimum atomic E-state index is -1.25. The molecule has 4 N–H and O–H groups in total. The fourth-order valence-electron chi connectivity index (χ4n) is 1.49. The summed E-state index contributed by atoms with van der Waals surface area (Å²) in [5, 5.41) is 11.5. The summed E-state index contributed by atoms with van der Waals surface area (Å²) in [6.07, 6.45) is -0.217. The highest BCUT2D eigenvalue weighted by atomic mass is 35.5. The van der Waals surface area contributed by atoms with E-state index in [2.05, 4.69) is 5.32 Å². The molecule has 0 saturated heterocycles. The third-order valence-electron chi connectivity index (χ3n) is 2.51. The first-order valence-corrected chi connectivity index (χ1v) is 6.45. The molecule has 0 aliphatic heterocycles. The fourth-order valence-corrected chi connectivity index (χ4v) is 1.68. The summed E-state index contributed by atoms with van der Waals surface area (Å²) in [6, 6.07) is 5.38. The fraction of sp³-hybridized carbons (Fsp3) is 0.308. The van der Waals surface area contributed by atoms with Crippen LogP contribution in [0.5, 0.6) is 5.75 Å². The maximum atomic E-state index is 11.6. The number of carbonyl (C=O) groups excluding carboxylic acids is 2. The lowest BCUT2D eigenvalue weighted by atomic mass is 10.1. The molecule has 0 aliphatic rings. The van der Waals surface area contributed by atoms with Gasteiger partial charge in [-0.3, -0.25) is 9.59 Å². The predicted molar refractivity (Wildman–Crippen MR) is 74.9 cm³/mol. The Bertz CT molecular complexity index is 535. The molecule has 2 amide bonds. The van der Waals surface area contributed by atoms with Crippen LogP contribution in [0.4, 0.5) is 0 Å². The second-order valence-corrected chi connectivity index (χ2v) is 4.59. The Morgan fingerprint density at radius 1 is 1.33 bits per heavy atom. The van der Waals surface area contributed by atoms with Crippen molar-refractivity contribution in [3.8, 4) is 5.75 Å². The Labute approximate surface area is 126 Å². The summed E-state index contributed by atoms with van der Waals surface area (Å²) in [4.78, 5) is 33.2. The van der Waals surface area contributed by atoms with Crippen molar-refractivity contribution in [3.05, 3.63) is 29.3 Å². The Morgan fingerprint density at radius 3 is 2.57 bits per heavy atom. The van der Waals surface area contributed by atoms with Gasteiger partial charge in [0.2, 0.25) is 5.91 Å². The molecule has 1 aromatic carbocycles. The number of ether oxygens (including phenoxy) is 1. The number of hydrogen-bond acceptors (Lipinski definition) is 4. The van der Waals surface area contributed by atoms with E-state index in [1.807, 2.05) is 0 Å². The smallest absolute Gasteiger partial charge is 0.326 e. The molecule has 7 nitrogen and oxygen atoms in total. The van der Waals surface area contributed by atoms with Crippen molar-refractivity contribution in [2.45, 2.75) is 18.9 Å². The average Bonchev–Trinajstić information content (AvgIpc) is 2.42. The summed E-state index contributed by atoms with van der Waals surface area (Å²) in [6.45, 7) is -0.385. The van der Waals surface area contributed by atoms with Gasteiger partial charge in [-0.25, -0.2) is 4.79 Å². The number of benzene rings is 1. The van der Waals surface area contributed by atoms with E-state index in [9.17, 15) is 14.4 Å². The number of nitrogens with two attached hydrogens (primary N) is 1. The predicted octanol–water partition coefficient (Wildman–Crippen LogP) is 0.554. The van der Waals surface area contributed by atoms with Crippen LogP contribution in [0.2, 0.25) is 5.02 Å². The molecule has 21 heavy (non-hydrogen) atoms. The number of carboxylic acids is 1. The van der Waals surface area contributed by atoms with E-state index in [4.69, 9.17) is 27.2 Å². The number of rotatable bonds is 8. The van der Waals surface area contributed by atoms with Gasteiger partial charge in [0.25, 0.3) is 5.91 Å². The highest BCUT2D eigenvalue weighted by Crippen LogP contribution is 2.22. The molecule has 1 rings (SSSR count). The van der Waals surface area contributed by atoms with Gasteiger partial charge in [-0.05, 0) is 18.6 Å². The lowest BCUT2D eigenvalue weighted by molar-refractivity contribution is -0.142. The second-order valence-electron chi connectivity index (χ2n) is 4.18. The number of carboxylic acid groups (broad SMARTS) is 1. The molecule has 1 unspecified atom stereocenters. The molecule has 0 aliphatic carbocycles. The minimum absolute atomic E-state index is 0.0809. The van der Waals surface area contributed by atoms with Crippen molar-refractivity contribution < 1.29 is 24.2 Å². The molecule has 114 valence electrons. The number of aliphatic carboxylic acids is 1. The zero-order valence-corrected chi connectivity index (χ0v) is 11.8. The Kier molecular flexibility index (Phi) is 6.48. The topological polar surface area (TPSA) is 119 Å². The molecular formula is C13H15ClN2O5. The van der Waals surface area contributed by atoms with Crippen LogP contribution >= 0.6 is 11.6 Å². The number of nitrogens with one attached hydrogen (secondary N) is 1. The van der Waals surface area contributed by atoms with Gasteiger partial charge in [0.05, 0.1) is 5.02 Å². The standard InChI is InChI=1S/C13H15ClN2O5/c14-8-3-1-2-4-10(8)21-7-12(18)16-9(13(19)20)5-6-11(15)17/h1-4,9H,5-7H2,(H2,15,17)(H,16,18)(H,19,20). The minimum Gasteiger partial charge on any atom is -0.482 e. The lowest BCUT2D eigenvalue weighted by Gasteiger charge is -2.14. The van der Waals surface area contributed by atoms with E-state index in [0.717, 1.165) is 0 Å². The largest absolute Gasteiger partial charge is 0.482 e. The number of hydrogen-bond donors (Lipinski definition) is 3. The molecule has 0 radical (unpaired) electrons. The maximum absolute atomic E-state index is 11.6. The van der Waals surface area contributed by atoms with Crippen molar-refractivity contribution in [2.24, 2.45) is 5.73 Å². The molecule has 0 spiro atoms. The molecule has 0 heterocycles. The van der Waals surface area contributed by atoms with Crippen LogP contribution in [0.1, 0.15) is 12.8 Å². The van der Waals surface area contributed by atoms with E-state index in [1.54, 1.807) is 24.3 Å². The summed E-state index contributed by atoms with van der Waals surface area (Å²) in [5.41, 5.74) is 4.94. The van der Waals surface area contributed by atoms with Gasteiger partial charge in [0.1, 0.15) is 11.8 Å². The van der Waals surface area contributed by atoms with E-state index in [1.165, 1.54) is 0 Å². The maximum Gasteiger partial charge on any atom is 0.326 e. The molecular weight excluding hydrogens is 300 g/mol. The third kappa shape index (κ3) is 6.13. The summed E-state index contributed by atoms with van der Waals surface area (Å²) in [7, 11) is 0. The summed E-state index contributed by atoms with van der Waals surface area (Å²) in [5.74, 6) is -2.20. The highest BCUT2D eigenvalue weighted by molar-refractivity contribution is 6.32. The normalized spacial score (nSPS) is 11.5. The Balaban J connectivity index is 2.49. The van der Waals surface area contributed by atoms with E-state index in [0.29, 0.717) is 10.8 Å². The van der Waals surface area contributed by atoms with Gasteiger partial charge in [0.15, 0.2) is 6.61 Å². The van der Waals surface area contributed by atoms with Crippen molar-refractivity contribution in [1.29, 1.82) is 0 Å². The zero-order valence-electron chi connectivity index (χ0n) is 11.0. The quantitative estimate of drug-likeness (QED) is 0.647. The lowest BCUT2D eigenvalue weighted by Crippen LogP contribution is -2.43. The average molecular weight is 315 g/mol. The van der Waals surface area contributed by atoms with Crippen molar-refractivity contribution >= 4 is 29.4 Å². The number of carbonyl (C=O) groups is 3. The van der Waals surface area contributed by atoms with Crippen LogP contribution < -0.4 is 15.8 Å². The van der Waals surface area contributed by atoms with Crippen molar-refractivity contribution in [1.82, 2.24) is 5.32 Å². The molecule has 0 aromatic heterocycles. The molecule has 8 heteroatoms. The van der Waals surface area contributed by atoms with Crippen LogP contribution in [0, 0.1) is 0 Å². The van der Waals surface area contributed by atoms with Crippen LogP contribution in [0.3, 0.4) is 0 Å². The molecule has 1 aromatic rings. The van der Waals surface area contributed by atoms with Crippen LogP contribution in [-0.4, -0.2) is 35.5 Å². The van der Waals surface area contributed by atoms with Crippen molar-refractivity contribution in [2.75, 3.05) is 6.61 Å². The van der Waals surface area contributed by atoms with E-state index in [-0.39, 0.29) is 19.4 Å². The van der Waals surface area contributed by atoms with Gasteiger partial charge in [0, 0.05) is 6.42 Å². The first-order valence-electron chi connectivity index (χ1n) is 6.08. The number of para-hydroxylation sites is 1. The number of amides is 2. The summed E-state index contributed by atoms with van der Waals surface area (Å²) >= 11 is 5.85. The first-order chi connectivity index (χ1) is 9.90. The number of primary amides is 1. The molecule has 0 saturated carbocycles. The molecule has 0 fully saturated rings. The van der Waals surface area contributed by atoms with Gasteiger partial charge >= 0.3 is 5.97 Å². The third-order valence-corrected chi connectivity index (χ3v) is 2.82. The van der Waals surface area contributed by atoms with Crippen molar-refractivity contribution in [3.63, 3.8) is 0 Å². The second kappa shape index (κ2) is 8.11. The highest BCUT2D eigenvalue weighted by Gasteiger charge is 2.20. The molecule has 1 atom stereocenters.